The van der Waals surface area contributed by atoms with Gasteiger partial charge in [0.1, 0.15) is 0 Å². The summed E-state index contributed by atoms with van der Waals surface area (Å²) in [5, 5.41) is 0. The van der Waals surface area contributed by atoms with E-state index in [-0.39, 0.29) is 24.8 Å². The van der Waals surface area contributed by atoms with Crippen molar-refractivity contribution in [3.63, 3.8) is 0 Å². The molecule has 0 nitrogen and oxygen atoms in total. The minimum Gasteiger partial charge on any atom is -0.147 e. The molecular formula is C12H34Cl2Si2. The van der Waals surface area contributed by atoms with E-state index in [0.29, 0.717) is 19.0 Å². The molecule has 0 atom stereocenters. The Kier molecular flexibility index (Phi) is 47.9. The Hall–Kier alpha value is 1.01. The Morgan fingerprint density at radius 3 is 0.812 bits per heavy atom. The first-order valence-corrected chi connectivity index (χ1v) is 10.8. The van der Waals surface area contributed by atoms with E-state index in [4.69, 9.17) is 0 Å². The predicted octanol–water partition coefficient (Wildman–Crippen LogP) is 4.47. The quantitative estimate of drug-likeness (QED) is 0.458. The zero-order valence-electron chi connectivity index (χ0n) is 11.9. The second-order valence-electron chi connectivity index (χ2n) is 4.12. The minimum absolute atomic E-state index is 0. The summed E-state index contributed by atoms with van der Waals surface area (Å²) < 4.78 is 0. The van der Waals surface area contributed by atoms with Gasteiger partial charge in [-0.25, -0.2) is 0 Å². The first-order chi connectivity index (χ1) is 6.83. The molecule has 0 aliphatic rings. The molecule has 0 radical (unpaired) electrons. The van der Waals surface area contributed by atoms with Crippen molar-refractivity contribution < 1.29 is 0 Å². The highest BCUT2D eigenvalue weighted by atomic mass is 35.5. The standard InChI is InChI=1S/2C6H16Si.2ClH/c2*1-3-5-7-6-4-2;;/h2*3-7H2,1-2H3;2*1H. The normalized spacial score (nSPS) is 8.25. The van der Waals surface area contributed by atoms with Crippen molar-refractivity contribution in [2.75, 3.05) is 0 Å². The molecule has 16 heavy (non-hydrogen) atoms. The largest absolute Gasteiger partial charge is 0.147 e. The van der Waals surface area contributed by atoms with Crippen LogP contribution in [0.2, 0.25) is 24.2 Å². The molecule has 0 aliphatic carbocycles. The van der Waals surface area contributed by atoms with Gasteiger partial charge in [0, 0.05) is 19.0 Å². The smallest absolute Gasteiger partial charge is 0.0197 e. The van der Waals surface area contributed by atoms with E-state index in [1.54, 1.807) is 24.2 Å². The molecule has 0 N–H and O–H groups in total. The fourth-order valence-electron chi connectivity index (χ4n) is 1.35. The third-order valence-electron chi connectivity index (χ3n) is 2.41. The zero-order chi connectivity index (χ0) is 11.1. The van der Waals surface area contributed by atoms with Gasteiger partial charge < -0.3 is 0 Å². The number of hydrogen-bond donors (Lipinski definition) is 0. The van der Waals surface area contributed by atoms with Crippen LogP contribution in [0.3, 0.4) is 0 Å². The van der Waals surface area contributed by atoms with Crippen LogP contribution in [0.5, 0.6) is 0 Å². The lowest BCUT2D eigenvalue weighted by molar-refractivity contribution is 1.02. The van der Waals surface area contributed by atoms with E-state index in [9.17, 15) is 0 Å². The van der Waals surface area contributed by atoms with Crippen LogP contribution in [0.15, 0.2) is 0 Å². The Labute approximate surface area is 121 Å². The summed E-state index contributed by atoms with van der Waals surface area (Å²) >= 11 is 0. The maximum atomic E-state index is 2.28. The maximum absolute atomic E-state index is 2.28. The number of rotatable bonds is 8. The molecule has 0 saturated carbocycles. The molecule has 0 aromatic heterocycles. The molecule has 0 rings (SSSR count). The molecule has 0 heterocycles. The lowest BCUT2D eigenvalue weighted by atomic mass is 10.6. The molecule has 0 spiro atoms. The Morgan fingerprint density at radius 1 is 0.500 bits per heavy atom. The van der Waals surface area contributed by atoms with Gasteiger partial charge in [0.25, 0.3) is 0 Å². The molecule has 0 aromatic rings. The first-order valence-electron chi connectivity index (χ1n) is 6.83. The molecule has 0 fully saturated rings. The highest BCUT2D eigenvalue weighted by molar-refractivity contribution is 6.35. The van der Waals surface area contributed by atoms with E-state index in [2.05, 4.69) is 27.7 Å². The average molecular weight is 305 g/mol. The summed E-state index contributed by atoms with van der Waals surface area (Å²) in [6.07, 6.45) is 5.69. The van der Waals surface area contributed by atoms with Crippen molar-refractivity contribution in [3.8, 4) is 0 Å². The molecule has 0 unspecified atom stereocenters. The van der Waals surface area contributed by atoms with Gasteiger partial charge >= 0.3 is 0 Å². The lowest BCUT2D eigenvalue weighted by Crippen LogP contribution is -1.84. The molecular weight excluding hydrogens is 271 g/mol. The Balaban J connectivity index is -0.0000000800. The van der Waals surface area contributed by atoms with E-state index < -0.39 is 0 Å². The van der Waals surface area contributed by atoms with E-state index in [0.717, 1.165) is 0 Å². The van der Waals surface area contributed by atoms with Crippen LogP contribution in [0.1, 0.15) is 53.4 Å². The van der Waals surface area contributed by atoms with Crippen LogP contribution >= 0.6 is 24.8 Å². The highest BCUT2D eigenvalue weighted by Crippen LogP contribution is 1.93. The van der Waals surface area contributed by atoms with Crippen molar-refractivity contribution >= 4 is 43.9 Å². The fraction of sp³-hybridized carbons (Fsp3) is 1.00. The molecule has 0 aliphatic heterocycles. The SMILES string of the molecule is CCC[SiH2]CCC.CCC[SiH2]CCC.Cl.Cl. The van der Waals surface area contributed by atoms with Crippen LogP contribution < -0.4 is 0 Å². The van der Waals surface area contributed by atoms with Gasteiger partial charge in [-0.3, -0.25) is 0 Å². The van der Waals surface area contributed by atoms with Gasteiger partial charge in [0.05, 0.1) is 0 Å². The third-order valence-corrected chi connectivity index (χ3v) is 7.24. The fourth-order valence-corrected chi connectivity index (χ4v) is 4.06. The molecule has 4 heteroatoms. The van der Waals surface area contributed by atoms with E-state index in [1.165, 1.54) is 25.7 Å². The van der Waals surface area contributed by atoms with Crippen LogP contribution in [0, 0.1) is 0 Å². The monoisotopic (exact) mass is 304 g/mol. The number of halogens is 2. The number of hydrogen-bond acceptors (Lipinski definition) is 0. The summed E-state index contributed by atoms with van der Waals surface area (Å²) in [6.45, 7) is 9.12. The van der Waals surface area contributed by atoms with Gasteiger partial charge in [-0.2, -0.15) is 0 Å². The Morgan fingerprint density at radius 2 is 0.688 bits per heavy atom. The van der Waals surface area contributed by atoms with Crippen molar-refractivity contribution in [1.29, 1.82) is 0 Å². The average Bonchev–Trinajstić information content (AvgIpc) is 2.21. The summed E-state index contributed by atoms with van der Waals surface area (Å²) in [5.74, 6) is 0. The van der Waals surface area contributed by atoms with Crippen molar-refractivity contribution in [3.05, 3.63) is 0 Å². The van der Waals surface area contributed by atoms with Crippen LogP contribution in [-0.2, 0) is 0 Å². The summed E-state index contributed by atoms with van der Waals surface area (Å²) in [5.41, 5.74) is 0. The minimum atomic E-state index is 0. The molecule has 0 bridgehead atoms. The highest BCUT2D eigenvalue weighted by Gasteiger charge is 1.82. The maximum Gasteiger partial charge on any atom is 0.0197 e. The van der Waals surface area contributed by atoms with Gasteiger partial charge in [0.2, 0.25) is 0 Å². The van der Waals surface area contributed by atoms with Crippen LogP contribution in [0.25, 0.3) is 0 Å². The van der Waals surface area contributed by atoms with Gasteiger partial charge in [-0.15, -0.1) is 24.8 Å². The first kappa shape index (κ1) is 25.8. The Bertz CT molecular complexity index is 65.4. The lowest BCUT2D eigenvalue weighted by Gasteiger charge is -1.89. The van der Waals surface area contributed by atoms with Gasteiger partial charge in [0.15, 0.2) is 0 Å². The topological polar surface area (TPSA) is 0 Å². The van der Waals surface area contributed by atoms with Crippen molar-refractivity contribution in [1.82, 2.24) is 0 Å². The van der Waals surface area contributed by atoms with E-state index in [1.807, 2.05) is 0 Å². The van der Waals surface area contributed by atoms with Crippen molar-refractivity contribution in [2.24, 2.45) is 0 Å². The molecule has 0 amide bonds. The summed E-state index contributed by atoms with van der Waals surface area (Å²) in [6, 6.07) is 6.25. The molecule has 104 valence electrons. The zero-order valence-corrected chi connectivity index (χ0v) is 16.3. The summed E-state index contributed by atoms with van der Waals surface area (Å²) in [7, 11) is 0.823. The van der Waals surface area contributed by atoms with E-state index >= 15 is 0 Å². The third kappa shape index (κ3) is 36.3. The summed E-state index contributed by atoms with van der Waals surface area (Å²) in [4.78, 5) is 0. The van der Waals surface area contributed by atoms with Gasteiger partial charge in [-0.1, -0.05) is 77.6 Å². The van der Waals surface area contributed by atoms with Crippen molar-refractivity contribution in [2.45, 2.75) is 77.6 Å². The van der Waals surface area contributed by atoms with Crippen LogP contribution in [-0.4, -0.2) is 19.0 Å². The molecule has 0 aromatic carbocycles. The predicted molar refractivity (Wildman–Crippen MR) is 92.0 cm³/mol. The van der Waals surface area contributed by atoms with Gasteiger partial charge in [-0.05, 0) is 0 Å². The second kappa shape index (κ2) is 29.8. The van der Waals surface area contributed by atoms with Crippen LogP contribution in [0.4, 0.5) is 0 Å². The second-order valence-corrected chi connectivity index (χ2v) is 8.36. The molecule has 0 saturated heterocycles.